The third-order valence-electron chi connectivity index (χ3n) is 2.51. The lowest BCUT2D eigenvalue weighted by atomic mass is 10.1. The molecular formula is C22H30O4. The van der Waals surface area contributed by atoms with Crippen molar-refractivity contribution in [3.8, 4) is 0 Å². The van der Waals surface area contributed by atoms with Gasteiger partial charge in [-0.2, -0.15) is 0 Å². The number of hydrogen-bond donors (Lipinski definition) is 0. The number of carbonyl (C=O) groups excluding carboxylic acids is 2. The van der Waals surface area contributed by atoms with Crippen LogP contribution in [0.25, 0.3) is 6.08 Å². The van der Waals surface area contributed by atoms with Crippen molar-refractivity contribution in [2.45, 2.75) is 52.7 Å². The summed E-state index contributed by atoms with van der Waals surface area (Å²) >= 11 is 0. The van der Waals surface area contributed by atoms with Crippen LogP contribution in [0.15, 0.2) is 61.2 Å². The zero-order valence-corrected chi connectivity index (χ0v) is 16.7. The van der Waals surface area contributed by atoms with Crippen LogP contribution in [0.5, 0.6) is 0 Å². The van der Waals surface area contributed by atoms with Gasteiger partial charge in [-0.1, -0.05) is 49.6 Å². The second kappa shape index (κ2) is 10.4. The SMILES string of the molecule is C=C(C=Cc1ccccc1)C(=O)OC(C)(C)C.C=CC(=O)OC(C)(C)C. The van der Waals surface area contributed by atoms with Crippen LogP contribution in [0.4, 0.5) is 0 Å². The number of carbonyl (C=O) groups is 2. The van der Waals surface area contributed by atoms with Crippen molar-refractivity contribution in [1.82, 2.24) is 0 Å². The van der Waals surface area contributed by atoms with Gasteiger partial charge in [0.05, 0.1) is 5.57 Å². The Bertz CT molecular complexity index is 641. The first-order valence-electron chi connectivity index (χ1n) is 8.35. The minimum atomic E-state index is -0.486. The van der Waals surface area contributed by atoms with Gasteiger partial charge in [0.2, 0.25) is 0 Å². The predicted molar refractivity (Wildman–Crippen MR) is 107 cm³/mol. The molecular weight excluding hydrogens is 328 g/mol. The van der Waals surface area contributed by atoms with Gasteiger partial charge in [0.1, 0.15) is 11.2 Å². The molecule has 4 nitrogen and oxygen atoms in total. The lowest BCUT2D eigenvalue weighted by Crippen LogP contribution is -2.24. The maximum Gasteiger partial charge on any atom is 0.338 e. The highest BCUT2D eigenvalue weighted by Crippen LogP contribution is 2.12. The quantitative estimate of drug-likeness (QED) is 0.426. The second-order valence-corrected chi connectivity index (χ2v) is 7.51. The molecule has 0 N–H and O–H groups in total. The van der Waals surface area contributed by atoms with Crippen LogP contribution in [0.2, 0.25) is 0 Å². The maximum absolute atomic E-state index is 11.6. The molecule has 0 aromatic heterocycles. The Morgan fingerprint density at radius 3 is 1.81 bits per heavy atom. The van der Waals surface area contributed by atoms with E-state index in [0.29, 0.717) is 5.57 Å². The van der Waals surface area contributed by atoms with Gasteiger partial charge < -0.3 is 9.47 Å². The Balaban J connectivity index is 0.000000590. The van der Waals surface area contributed by atoms with Crippen LogP contribution in [0.1, 0.15) is 47.1 Å². The number of esters is 2. The van der Waals surface area contributed by atoms with Crippen molar-refractivity contribution >= 4 is 18.0 Å². The molecule has 0 spiro atoms. The predicted octanol–water partition coefficient (Wildman–Crippen LogP) is 5.11. The van der Waals surface area contributed by atoms with E-state index in [9.17, 15) is 9.59 Å². The molecule has 0 unspecified atom stereocenters. The van der Waals surface area contributed by atoms with Crippen molar-refractivity contribution in [2.75, 3.05) is 0 Å². The average molecular weight is 358 g/mol. The number of rotatable bonds is 4. The zero-order valence-electron chi connectivity index (χ0n) is 16.7. The highest BCUT2D eigenvalue weighted by molar-refractivity contribution is 5.92. The van der Waals surface area contributed by atoms with Crippen LogP contribution in [-0.2, 0) is 19.1 Å². The third-order valence-corrected chi connectivity index (χ3v) is 2.51. The van der Waals surface area contributed by atoms with E-state index in [0.717, 1.165) is 11.6 Å². The largest absolute Gasteiger partial charge is 0.457 e. The van der Waals surface area contributed by atoms with Gasteiger partial charge >= 0.3 is 11.9 Å². The van der Waals surface area contributed by atoms with Gasteiger partial charge in [-0.25, -0.2) is 9.59 Å². The molecule has 0 amide bonds. The van der Waals surface area contributed by atoms with E-state index < -0.39 is 11.2 Å². The fraction of sp³-hybridized carbons (Fsp3) is 0.364. The molecule has 0 bridgehead atoms. The van der Waals surface area contributed by atoms with Gasteiger partial charge in [0.15, 0.2) is 0 Å². The summed E-state index contributed by atoms with van der Waals surface area (Å²) in [5, 5.41) is 0. The molecule has 1 aromatic carbocycles. The molecule has 0 saturated heterocycles. The average Bonchev–Trinajstić information content (AvgIpc) is 2.51. The summed E-state index contributed by atoms with van der Waals surface area (Å²) in [5.74, 6) is -0.757. The van der Waals surface area contributed by atoms with Crippen LogP contribution in [-0.4, -0.2) is 23.1 Å². The molecule has 0 aliphatic carbocycles. The smallest absolute Gasteiger partial charge is 0.338 e. The fourth-order valence-corrected chi connectivity index (χ4v) is 1.52. The molecule has 0 radical (unpaired) electrons. The van der Waals surface area contributed by atoms with Crippen molar-refractivity contribution in [3.05, 3.63) is 66.8 Å². The minimum Gasteiger partial charge on any atom is -0.457 e. The molecule has 0 atom stereocenters. The van der Waals surface area contributed by atoms with Gasteiger partial charge in [0.25, 0.3) is 0 Å². The summed E-state index contributed by atoms with van der Waals surface area (Å²) in [6, 6.07) is 9.74. The molecule has 0 fully saturated rings. The summed E-state index contributed by atoms with van der Waals surface area (Å²) in [4.78, 5) is 22.1. The monoisotopic (exact) mass is 358 g/mol. The Kier molecular flexibility index (Phi) is 9.34. The third kappa shape index (κ3) is 12.8. The van der Waals surface area contributed by atoms with E-state index in [1.807, 2.05) is 78.0 Å². The van der Waals surface area contributed by atoms with Crippen LogP contribution < -0.4 is 0 Å². The molecule has 0 heterocycles. The van der Waals surface area contributed by atoms with Gasteiger partial charge in [0, 0.05) is 6.08 Å². The number of ether oxygens (including phenoxy) is 2. The summed E-state index contributed by atoms with van der Waals surface area (Å²) in [7, 11) is 0. The van der Waals surface area contributed by atoms with E-state index in [-0.39, 0.29) is 11.9 Å². The number of hydrogen-bond acceptors (Lipinski definition) is 4. The first-order chi connectivity index (χ1) is 11.8. The highest BCUT2D eigenvalue weighted by Gasteiger charge is 2.17. The lowest BCUT2D eigenvalue weighted by Gasteiger charge is -2.19. The van der Waals surface area contributed by atoms with Crippen LogP contribution >= 0.6 is 0 Å². The first kappa shape index (κ1) is 23.4. The van der Waals surface area contributed by atoms with Crippen molar-refractivity contribution in [2.24, 2.45) is 0 Å². The molecule has 0 aliphatic heterocycles. The van der Waals surface area contributed by atoms with Crippen molar-refractivity contribution < 1.29 is 19.1 Å². The van der Waals surface area contributed by atoms with E-state index in [1.165, 1.54) is 0 Å². The summed E-state index contributed by atoms with van der Waals surface area (Å²) in [6.45, 7) is 17.9. The van der Waals surface area contributed by atoms with Crippen LogP contribution in [0.3, 0.4) is 0 Å². The summed E-state index contributed by atoms with van der Waals surface area (Å²) < 4.78 is 10.0. The molecule has 0 saturated carbocycles. The van der Waals surface area contributed by atoms with Gasteiger partial charge in [-0.05, 0) is 53.2 Å². The Morgan fingerprint density at radius 2 is 1.42 bits per heavy atom. The first-order valence-corrected chi connectivity index (χ1v) is 8.35. The van der Waals surface area contributed by atoms with E-state index in [2.05, 4.69) is 13.2 Å². The van der Waals surface area contributed by atoms with E-state index in [1.54, 1.807) is 6.08 Å². The van der Waals surface area contributed by atoms with Crippen LogP contribution in [0, 0.1) is 0 Å². The number of benzene rings is 1. The normalized spacial score (nSPS) is 11.2. The molecule has 4 heteroatoms. The Hall–Kier alpha value is -2.62. The standard InChI is InChI=1S/C15H18O2.C7H12O2/c1-12(14(16)17-15(2,3)4)10-11-13-8-6-5-7-9-13;1-5-6(8)9-7(2,3)4/h5-11H,1H2,2-4H3;5H,1H2,2-4H3. The van der Waals surface area contributed by atoms with E-state index >= 15 is 0 Å². The molecule has 1 rings (SSSR count). The molecule has 142 valence electrons. The minimum absolute atomic E-state index is 0.351. The maximum atomic E-state index is 11.6. The fourth-order valence-electron chi connectivity index (χ4n) is 1.52. The molecule has 1 aromatic rings. The Morgan fingerprint density at radius 1 is 0.923 bits per heavy atom. The lowest BCUT2D eigenvalue weighted by molar-refractivity contribution is -0.150. The van der Waals surface area contributed by atoms with Gasteiger partial charge in [-0.3, -0.25) is 0 Å². The Labute approximate surface area is 157 Å². The molecule has 26 heavy (non-hydrogen) atoms. The van der Waals surface area contributed by atoms with E-state index in [4.69, 9.17) is 9.47 Å². The molecule has 0 aliphatic rings. The second-order valence-electron chi connectivity index (χ2n) is 7.51. The van der Waals surface area contributed by atoms with Crippen molar-refractivity contribution in [3.63, 3.8) is 0 Å². The zero-order chi connectivity index (χ0) is 20.4. The summed E-state index contributed by atoms with van der Waals surface area (Å²) in [5.41, 5.74) is 0.493. The summed E-state index contributed by atoms with van der Waals surface area (Å²) in [6.07, 6.45) is 4.67. The highest BCUT2D eigenvalue weighted by atomic mass is 16.6. The van der Waals surface area contributed by atoms with Gasteiger partial charge in [-0.15, -0.1) is 0 Å². The van der Waals surface area contributed by atoms with Crippen molar-refractivity contribution in [1.29, 1.82) is 0 Å². The topological polar surface area (TPSA) is 52.6 Å².